The summed E-state index contributed by atoms with van der Waals surface area (Å²) in [6.07, 6.45) is 4.14. The lowest BCUT2D eigenvalue weighted by atomic mass is 10.1. The summed E-state index contributed by atoms with van der Waals surface area (Å²) in [5.41, 5.74) is 8.03. The molecule has 11 nitrogen and oxygen atoms in total. The third-order valence-electron chi connectivity index (χ3n) is 6.97. The molecule has 6 rings (SSSR count). The lowest BCUT2D eigenvalue weighted by Crippen LogP contribution is -2.34. The highest BCUT2D eigenvalue weighted by atomic mass is 31.2. The summed E-state index contributed by atoms with van der Waals surface area (Å²) in [5.74, 6) is 0.584. The molecule has 4 unspecified atom stereocenters. The molecule has 0 spiro atoms. The van der Waals surface area contributed by atoms with Gasteiger partial charge >= 0.3 is 14.5 Å². The van der Waals surface area contributed by atoms with Crippen molar-refractivity contribution < 1.29 is 23.3 Å². The van der Waals surface area contributed by atoms with Gasteiger partial charge in [0.15, 0.2) is 11.5 Å². The predicted molar refractivity (Wildman–Crippen MR) is 159 cm³/mol. The SMILES string of the molecule is CC(NP(OCC1CCC(n2cnc3c(N)ncnc32)O1)Oc1cccc2ccccc12)C(=O)OCc1ccccc1. The number of anilines is 1. The zero-order valence-electron chi connectivity index (χ0n) is 23.0. The highest BCUT2D eigenvalue weighted by Gasteiger charge is 2.31. The normalized spacial score (nSPS) is 18.2. The van der Waals surface area contributed by atoms with Gasteiger partial charge in [0.1, 0.15) is 36.5 Å². The molecule has 0 bridgehead atoms. The molecule has 42 heavy (non-hydrogen) atoms. The standard InChI is InChI=1S/C30H31N6O5P/c1-20(30(37)38-16-21-8-3-2-4-9-21)35-42(41-25-13-7-11-22-10-5-6-12-24(22)25)39-17-23-14-15-26(40-23)36-19-34-27-28(31)32-18-33-29(27)36/h2-13,18-20,23,26,35H,14-17H2,1H3,(H2,31,32,33). The van der Waals surface area contributed by atoms with E-state index < -0.39 is 20.5 Å². The Morgan fingerprint density at radius 2 is 1.88 bits per heavy atom. The molecule has 0 radical (unpaired) electrons. The highest BCUT2D eigenvalue weighted by molar-refractivity contribution is 7.45. The molecule has 1 aliphatic heterocycles. The van der Waals surface area contributed by atoms with Gasteiger partial charge in [-0.2, -0.15) is 0 Å². The Morgan fingerprint density at radius 3 is 2.76 bits per heavy atom. The molecule has 3 heterocycles. The van der Waals surface area contributed by atoms with E-state index in [0.29, 0.717) is 22.7 Å². The maximum atomic E-state index is 12.8. The number of carbonyl (C=O) groups excluding carboxylic acids is 1. The van der Waals surface area contributed by atoms with Crippen LogP contribution in [-0.2, 0) is 25.4 Å². The number of aromatic nitrogens is 4. The molecule has 3 aromatic carbocycles. The number of rotatable bonds is 11. The molecule has 0 aliphatic carbocycles. The third kappa shape index (κ3) is 6.34. The molecule has 1 aliphatic rings. The van der Waals surface area contributed by atoms with Crippen molar-refractivity contribution in [3.05, 3.63) is 91.0 Å². The van der Waals surface area contributed by atoms with Gasteiger partial charge in [0, 0.05) is 5.39 Å². The number of hydrogen-bond acceptors (Lipinski definition) is 10. The smallest absolute Gasteiger partial charge is 0.323 e. The van der Waals surface area contributed by atoms with E-state index in [-0.39, 0.29) is 25.5 Å². The number of hydrogen-bond donors (Lipinski definition) is 2. The van der Waals surface area contributed by atoms with Crippen LogP contribution in [0.15, 0.2) is 85.5 Å². The topological polar surface area (TPSA) is 136 Å². The molecule has 1 fully saturated rings. The number of nitrogens with zero attached hydrogens (tertiary/aromatic N) is 4. The van der Waals surface area contributed by atoms with E-state index in [1.807, 2.05) is 77.4 Å². The molecular weight excluding hydrogens is 555 g/mol. The van der Waals surface area contributed by atoms with Crippen molar-refractivity contribution in [3.63, 3.8) is 0 Å². The van der Waals surface area contributed by atoms with Crippen LogP contribution in [0.3, 0.4) is 0 Å². The van der Waals surface area contributed by atoms with Crippen LogP contribution >= 0.6 is 8.53 Å². The Hall–Kier alpha value is -4.15. The van der Waals surface area contributed by atoms with Crippen LogP contribution < -0.4 is 15.3 Å². The fourth-order valence-corrected chi connectivity index (χ4v) is 6.01. The second-order valence-corrected chi connectivity index (χ2v) is 11.2. The number of nitrogens with two attached hydrogens (primary N) is 1. The number of benzene rings is 3. The van der Waals surface area contributed by atoms with Crippen LogP contribution in [0.1, 0.15) is 31.6 Å². The van der Waals surface area contributed by atoms with Crippen molar-refractivity contribution in [1.29, 1.82) is 0 Å². The van der Waals surface area contributed by atoms with Gasteiger partial charge in [-0.3, -0.25) is 9.36 Å². The lowest BCUT2D eigenvalue weighted by Gasteiger charge is -2.24. The monoisotopic (exact) mass is 586 g/mol. The van der Waals surface area contributed by atoms with Crippen LogP contribution in [0, 0.1) is 0 Å². The van der Waals surface area contributed by atoms with Gasteiger partial charge < -0.3 is 24.3 Å². The zero-order valence-corrected chi connectivity index (χ0v) is 23.9. The number of imidazole rings is 1. The van der Waals surface area contributed by atoms with Gasteiger partial charge in [-0.1, -0.05) is 66.7 Å². The van der Waals surface area contributed by atoms with Crippen LogP contribution in [-0.4, -0.2) is 44.2 Å². The minimum Gasteiger partial charge on any atom is -0.460 e. The van der Waals surface area contributed by atoms with Crippen molar-refractivity contribution in [3.8, 4) is 5.75 Å². The molecular formula is C30H31N6O5P. The summed E-state index contributed by atoms with van der Waals surface area (Å²) in [6.45, 7) is 2.18. The van der Waals surface area contributed by atoms with Crippen molar-refractivity contribution in [1.82, 2.24) is 24.6 Å². The summed E-state index contributed by atoms with van der Waals surface area (Å²) in [5, 5.41) is 5.19. The van der Waals surface area contributed by atoms with E-state index in [1.165, 1.54) is 6.33 Å². The molecule has 5 aromatic rings. The van der Waals surface area contributed by atoms with E-state index in [9.17, 15) is 4.79 Å². The number of nitrogen functional groups attached to an aromatic ring is 1. The number of fused-ring (bicyclic) bond motifs is 2. The minimum atomic E-state index is -1.74. The summed E-state index contributed by atoms with van der Waals surface area (Å²) in [6, 6.07) is 22.7. The van der Waals surface area contributed by atoms with Crippen molar-refractivity contribution in [2.45, 2.75) is 44.7 Å². The highest BCUT2D eigenvalue weighted by Crippen LogP contribution is 2.41. The fraction of sp³-hybridized carbons (Fsp3) is 0.267. The third-order valence-corrected chi connectivity index (χ3v) is 8.31. The molecule has 0 amide bonds. The molecule has 12 heteroatoms. The second-order valence-electron chi connectivity index (χ2n) is 9.94. The fourth-order valence-electron chi connectivity index (χ4n) is 4.76. The molecule has 216 valence electrons. The van der Waals surface area contributed by atoms with Gasteiger partial charge in [0.25, 0.3) is 0 Å². The first kappa shape index (κ1) is 28.0. The Balaban J connectivity index is 1.12. The maximum Gasteiger partial charge on any atom is 0.323 e. The van der Waals surface area contributed by atoms with Crippen molar-refractivity contribution in [2.75, 3.05) is 12.3 Å². The molecule has 0 saturated carbocycles. The van der Waals surface area contributed by atoms with Crippen molar-refractivity contribution >= 4 is 42.2 Å². The quantitative estimate of drug-likeness (QED) is 0.155. The number of ether oxygens (including phenoxy) is 2. The Morgan fingerprint density at radius 1 is 1.07 bits per heavy atom. The van der Waals surface area contributed by atoms with Crippen molar-refractivity contribution in [2.24, 2.45) is 0 Å². The van der Waals surface area contributed by atoms with Crippen LogP contribution in [0.2, 0.25) is 0 Å². The van der Waals surface area contributed by atoms with Gasteiger partial charge in [-0.05, 0) is 36.8 Å². The summed E-state index contributed by atoms with van der Waals surface area (Å²) in [4.78, 5) is 25.5. The van der Waals surface area contributed by atoms with Crippen LogP contribution in [0.25, 0.3) is 21.9 Å². The first-order valence-corrected chi connectivity index (χ1v) is 14.9. The average molecular weight is 587 g/mol. The first-order chi connectivity index (χ1) is 20.5. The maximum absolute atomic E-state index is 12.8. The second kappa shape index (κ2) is 12.8. The Kier molecular flexibility index (Phi) is 8.52. The van der Waals surface area contributed by atoms with Crippen LogP contribution in [0.5, 0.6) is 5.75 Å². The lowest BCUT2D eigenvalue weighted by molar-refractivity contribution is -0.146. The summed E-state index contributed by atoms with van der Waals surface area (Å²) in [7, 11) is -1.74. The van der Waals surface area contributed by atoms with Gasteiger partial charge in [0.2, 0.25) is 0 Å². The molecule has 3 N–H and O–H groups in total. The average Bonchev–Trinajstić information content (AvgIpc) is 3.67. The Labute approximate surface area is 244 Å². The number of esters is 1. The molecule has 4 atom stereocenters. The van der Waals surface area contributed by atoms with Gasteiger partial charge in [-0.15, -0.1) is 0 Å². The van der Waals surface area contributed by atoms with E-state index in [0.717, 1.165) is 29.2 Å². The van der Waals surface area contributed by atoms with Gasteiger partial charge in [-0.25, -0.2) is 20.0 Å². The number of nitrogens with one attached hydrogen (secondary N) is 1. The van der Waals surface area contributed by atoms with Crippen LogP contribution in [0.4, 0.5) is 5.82 Å². The Bertz CT molecular complexity index is 1660. The molecule has 1 saturated heterocycles. The zero-order chi connectivity index (χ0) is 28.9. The summed E-state index contributed by atoms with van der Waals surface area (Å²) >= 11 is 0. The van der Waals surface area contributed by atoms with E-state index in [2.05, 4.69) is 20.0 Å². The first-order valence-electron chi connectivity index (χ1n) is 13.7. The largest absolute Gasteiger partial charge is 0.460 e. The predicted octanol–water partition coefficient (Wildman–Crippen LogP) is 5.28. The van der Waals surface area contributed by atoms with E-state index in [4.69, 9.17) is 24.3 Å². The summed E-state index contributed by atoms with van der Waals surface area (Å²) < 4.78 is 26.3. The van der Waals surface area contributed by atoms with Gasteiger partial charge in [0.05, 0.1) is 19.0 Å². The van der Waals surface area contributed by atoms with E-state index >= 15 is 0 Å². The van der Waals surface area contributed by atoms with E-state index in [1.54, 1.807) is 13.3 Å². The molecule has 2 aromatic heterocycles. The number of carbonyl (C=O) groups is 1. The minimum absolute atomic E-state index is 0.186.